The van der Waals surface area contributed by atoms with E-state index in [9.17, 15) is 14.7 Å². The van der Waals surface area contributed by atoms with E-state index in [2.05, 4.69) is 24.4 Å². The third-order valence-electron chi connectivity index (χ3n) is 3.98. The molecular weight excluding hydrogens is 332 g/mol. The lowest BCUT2D eigenvalue weighted by atomic mass is 9.99. The summed E-state index contributed by atoms with van der Waals surface area (Å²) in [5.41, 5.74) is 4.32. The van der Waals surface area contributed by atoms with Gasteiger partial charge in [0.15, 0.2) is 6.61 Å². The first-order valence-corrected chi connectivity index (χ1v) is 8.35. The van der Waals surface area contributed by atoms with Gasteiger partial charge in [0.25, 0.3) is 5.91 Å². The number of hydrogen-bond acceptors (Lipinski definition) is 5. The van der Waals surface area contributed by atoms with Crippen molar-refractivity contribution in [3.8, 4) is 5.75 Å². The normalized spacial score (nSPS) is 11.9. The fourth-order valence-electron chi connectivity index (χ4n) is 2.19. The van der Waals surface area contributed by atoms with Crippen molar-refractivity contribution in [2.24, 2.45) is 5.10 Å². The van der Waals surface area contributed by atoms with E-state index in [0.29, 0.717) is 17.2 Å². The van der Waals surface area contributed by atoms with E-state index in [0.717, 1.165) is 6.42 Å². The Kier molecular flexibility index (Phi) is 6.91. The molecule has 0 unspecified atom stereocenters. The number of hydrogen-bond donors (Lipinski definition) is 1. The van der Waals surface area contributed by atoms with Gasteiger partial charge in [-0.25, -0.2) is 5.43 Å². The number of carbonyl (C=O) groups excluding carboxylic acids is 2. The number of carboxylic acids is 1. The molecule has 2 rings (SSSR count). The van der Waals surface area contributed by atoms with Gasteiger partial charge in [-0.3, -0.25) is 4.79 Å². The highest BCUT2D eigenvalue weighted by atomic mass is 16.5. The van der Waals surface area contributed by atoms with E-state index in [-0.39, 0.29) is 12.2 Å². The first-order chi connectivity index (χ1) is 12.5. The van der Waals surface area contributed by atoms with E-state index in [1.807, 2.05) is 24.3 Å². The minimum absolute atomic E-state index is 0.0823. The van der Waals surface area contributed by atoms with E-state index in [1.54, 1.807) is 12.1 Å². The molecule has 0 aromatic heterocycles. The Morgan fingerprint density at radius 3 is 2.38 bits per heavy atom. The van der Waals surface area contributed by atoms with Gasteiger partial charge in [-0.15, -0.1) is 0 Å². The molecule has 1 N–H and O–H groups in total. The summed E-state index contributed by atoms with van der Waals surface area (Å²) in [5, 5.41) is 14.5. The van der Waals surface area contributed by atoms with Crippen molar-refractivity contribution in [3.05, 3.63) is 65.2 Å². The Morgan fingerprint density at radius 1 is 1.15 bits per heavy atom. The lowest BCUT2D eigenvalue weighted by Gasteiger charge is -2.10. The van der Waals surface area contributed by atoms with Crippen molar-refractivity contribution >= 4 is 18.1 Å². The number of aromatic carboxylic acids is 1. The van der Waals surface area contributed by atoms with Crippen molar-refractivity contribution in [3.63, 3.8) is 0 Å². The molecule has 0 aliphatic heterocycles. The molecule has 0 saturated heterocycles. The van der Waals surface area contributed by atoms with Crippen molar-refractivity contribution in [2.75, 3.05) is 6.61 Å². The maximum Gasteiger partial charge on any atom is 0.277 e. The highest BCUT2D eigenvalue weighted by Crippen LogP contribution is 2.21. The molecule has 1 atom stereocenters. The molecule has 6 heteroatoms. The van der Waals surface area contributed by atoms with Gasteiger partial charge in [0.1, 0.15) is 5.75 Å². The number of hydrazone groups is 1. The Balaban J connectivity index is 1.78. The Hall–Kier alpha value is -3.15. The maximum absolute atomic E-state index is 11.7. The Labute approximate surface area is 152 Å². The number of nitrogens with zero attached hydrogens (tertiary/aromatic N) is 1. The third-order valence-corrected chi connectivity index (χ3v) is 3.98. The van der Waals surface area contributed by atoms with Crippen LogP contribution in [0.2, 0.25) is 0 Å². The summed E-state index contributed by atoms with van der Waals surface area (Å²) >= 11 is 0. The monoisotopic (exact) mass is 353 g/mol. The van der Waals surface area contributed by atoms with Crippen LogP contribution in [0.3, 0.4) is 0 Å². The number of amides is 1. The highest BCUT2D eigenvalue weighted by Gasteiger charge is 2.04. The van der Waals surface area contributed by atoms with Crippen LogP contribution in [0, 0.1) is 0 Å². The fourth-order valence-corrected chi connectivity index (χ4v) is 2.19. The lowest BCUT2D eigenvalue weighted by molar-refractivity contribution is -0.255. The second-order valence-electron chi connectivity index (χ2n) is 5.87. The van der Waals surface area contributed by atoms with Gasteiger partial charge < -0.3 is 14.6 Å². The van der Waals surface area contributed by atoms with Crippen LogP contribution in [-0.2, 0) is 4.79 Å². The van der Waals surface area contributed by atoms with Crippen molar-refractivity contribution in [2.45, 2.75) is 26.2 Å². The third kappa shape index (κ3) is 5.73. The standard InChI is InChI=1S/C20H22N2O4/c1-3-14(2)16-8-10-18(11-9-16)26-13-19(23)22-21-12-15-4-6-17(7-5-15)20(24)25/h4-12,14H,3,13H2,1-2H3,(H,22,23)(H,24,25)/p-1/b21-12-/t14-/m0/s1. The number of carbonyl (C=O) groups is 2. The highest BCUT2D eigenvalue weighted by molar-refractivity contribution is 5.88. The van der Waals surface area contributed by atoms with Crippen molar-refractivity contribution in [1.82, 2.24) is 5.43 Å². The molecular formula is C20H21N2O4-. The zero-order valence-electron chi connectivity index (χ0n) is 14.8. The number of carboxylic acid groups (broad SMARTS) is 1. The molecule has 0 aliphatic rings. The molecule has 0 fully saturated rings. The summed E-state index contributed by atoms with van der Waals surface area (Å²) in [5.74, 6) is -0.522. The molecule has 6 nitrogen and oxygen atoms in total. The van der Waals surface area contributed by atoms with Crippen LogP contribution in [0.25, 0.3) is 0 Å². The van der Waals surface area contributed by atoms with Crippen LogP contribution >= 0.6 is 0 Å². The predicted molar refractivity (Wildman–Crippen MR) is 97.2 cm³/mol. The van der Waals surface area contributed by atoms with Gasteiger partial charge in [-0.1, -0.05) is 50.2 Å². The van der Waals surface area contributed by atoms with Crippen LogP contribution < -0.4 is 15.3 Å². The predicted octanol–water partition coefficient (Wildman–Crippen LogP) is 2.09. The molecule has 0 bridgehead atoms. The van der Waals surface area contributed by atoms with E-state index in [1.165, 1.54) is 23.9 Å². The quantitative estimate of drug-likeness (QED) is 0.581. The molecule has 26 heavy (non-hydrogen) atoms. The van der Waals surface area contributed by atoms with Crippen molar-refractivity contribution < 1.29 is 19.4 Å². The number of ether oxygens (including phenoxy) is 1. The van der Waals surface area contributed by atoms with Crippen LogP contribution in [-0.4, -0.2) is 24.7 Å². The summed E-state index contributed by atoms with van der Waals surface area (Å²) < 4.78 is 5.42. The second kappa shape index (κ2) is 9.36. The second-order valence-corrected chi connectivity index (χ2v) is 5.87. The molecule has 2 aromatic carbocycles. The molecule has 0 radical (unpaired) electrons. The lowest BCUT2D eigenvalue weighted by Crippen LogP contribution is -2.24. The van der Waals surface area contributed by atoms with Gasteiger partial charge in [-0.05, 0) is 41.2 Å². The smallest absolute Gasteiger partial charge is 0.277 e. The van der Waals surface area contributed by atoms with Crippen LogP contribution in [0.4, 0.5) is 0 Å². The summed E-state index contributed by atoms with van der Waals surface area (Å²) in [6.07, 6.45) is 2.48. The number of rotatable bonds is 8. The summed E-state index contributed by atoms with van der Waals surface area (Å²) in [7, 11) is 0. The SMILES string of the molecule is CC[C@H](C)c1ccc(OCC(=O)N/N=C\c2ccc(C(=O)[O-])cc2)cc1. The average Bonchev–Trinajstić information content (AvgIpc) is 2.66. The summed E-state index contributed by atoms with van der Waals surface area (Å²) in [6, 6.07) is 13.6. The zero-order valence-corrected chi connectivity index (χ0v) is 14.8. The largest absolute Gasteiger partial charge is 0.545 e. The van der Waals surface area contributed by atoms with Gasteiger partial charge in [0, 0.05) is 0 Å². The average molecular weight is 353 g/mol. The minimum Gasteiger partial charge on any atom is -0.545 e. The molecule has 1 amide bonds. The topological polar surface area (TPSA) is 90.8 Å². The zero-order chi connectivity index (χ0) is 18.9. The van der Waals surface area contributed by atoms with Gasteiger partial charge >= 0.3 is 0 Å². The molecule has 0 heterocycles. The molecule has 0 spiro atoms. The van der Waals surface area contributed by atoms with Gasteiger partial charge in [0.2, 0.25) is 0 Å². The van der Waals surface area contributed by atoms with Crippen LogP contribution in [0.15, 0.2) is 53.6 Å². The Bertz CT molecular complexity index is 767. The minimum atomic E-state index is -1.24. The number of nitrogens with one attached hydrogen (secondary N) is 1. The van der Waals surface area contributed by atoms with E-state index in [4.69, 9.17) is 4.74 Å². The first-order valence-electron chi connectivity index (χ1n) is 8.35. The van der Waals surface area contributed by atoms with Crippen LogP contribution in [0.5, 0.6) is 5.75 Å². The molecule has 0 saturated carbocycles. The van der Waals surface area contributed by atoms with Crippen LogP contribution in [0.1, 0.15) is 47.7 Å². The van der Waals surface area contributed by atoms with E-state index >= 15 is 0 Å². The molecule has 136 valence electrons. The van der Waals surface area contributed by atoms with Gasteiger partial charge in [0.05, 0.1) is 12.2 Å². The molecule has 2 aromatic rings. The summed E-state index contributed by atoms with van der Waals surface area (Å²) in [4.78, 5) is 22.4. The summed E-state index contributed by atoms with van der Waals surface area (Å²) in [6.45, 7) is 4.15. The number of benzene rings is 2. The Morgan fingerprint density at radius 2 is 1.81 bits per heavy atom. The van der Waals surface area contributed by atoms with Gasteiger partial charge in [-0.2, -0.15) is 5.10 Å². The maximum atomic E-state index is 11.7. The fraction of sp³-hybridized carbons (Fsp3) is 0.250. The van der Waals surface area contributed by atoms with Crippen molar-refractivity contribution in [1.29, 1.82) is 0 Å². The van der Waals surface area contributed by atoms with E-state index < -0.39 is 11.9 Å². The molecule has 0 aliphatic carbocycles. The first kappa shape index (κ1) is 19.2.